The van der Waals surface area contributed by atoms with E-state index in [0.29, 0.717) is 0 Å². The predicted octanol–water partition coefficient (Wildman–Crippen LogP) is 2.80. The van der Waals surface area contributed by atoms with Crippen molar-refractivity contribution in [2.75, 3.05) is 26.3 Å². The summed E-state index contributed by atoms with van der Waals surface area (Å²) in [6.07, 6.45) is 2.32. The average molecular weight is 258 g/mol. The topological polar surface area (TPSA) is 17.4 Å². The molecule has 1 aliphatic rings. The SMILES string of the molecule is CCn1cc(CN2CCOCC2)c2cc(C)ccc21. The second-order valence-electron chi connectivity index (χ2n) is 5.35. The van der Waals surface area contributed by atoms with Crippen LogP contribution in [-0.2, 0) is 17.8 Å². The van der Waals surface area contributed by atoms with E-state index in [0.717, 1.165) is 39.4 Å². The smallest absolute Gasteiger partial charge is 0.0594 e. The van der Waals surface area contributed by atoms with Gasteiger partial charge in [0, 0.05) is 43.3 Å². The Hall–Kier alpha value is -1.32. The highest BCUT2D eigenvalue weighted by atomic mass is 16.5. The van der Waals surface area contributed by atoms with Gasteiger partial charge in [0.05, 0.1) is 13.2 Å². The Balaban J connectivity index is 1.95. The molecular formula is C16H22N2O. The number of hydrogen-bond acceptors (Lipinski definition) is 2. The fourth-order valence-electron chi connectivity index (χ4n) is 2.87. The molecule has 0 aliphatic carbocycles. The first-order valence-electron chi connectivity index (χ1n) is 7.16. The summed E-state index contributed by atoms with van der Waals surface area (Å²) < 4.78 is 7.78. The Morgan fingerprint density at radius 3 is 2.74 bits per heavy atom. The van der Waals surface area contributed by atoms with Crippen LogP contribution < -0.4 is 0 Å². The number of rotatable bonds is 3. The molecule has 19 heavy (non-hydrogen) atoms. The minimum atomic E-state index is 0.867. The molecule has 0 spiro atoms. The van der Waals surface area contributed by atoms with E-state index < -0.39 is 0 Å². The molecule has 0 N–H and O–H groups in total. The number of nitrogens with zero attached hydrogens (tertiary/aromatic N) is 2. The molecule has 0 radical (unpaired) electrons. The maximum absolute atomic E-state index is 5.42. The molecule has 0 unspecified atom stereocenters. The lowest BCUT2D eigenvalue weighted by Gasteiger charge is -2.26. The second-order valence-corrected chi connectivity index (χ2v) is 5.35. The summed E-state index contributed by atoms with van der Waals surface area (Å²) in [5, 5.41) is 1.41. The first-order valence-corrected chi connectivity index (χ1v) is 7.16. The quantitative estimate of drug-likeness (QED) is 0.842. The Kier molecular flexibility index (Phi) is 3.58. The van der Waals surface area contributed by atoms with Crippen molar-refractivity contribution >= 4 is 10.9 Å². The molecule has 1 fully saturated rings. The molecule has 1 aromatic carbocycles. The van der Waals surface area contributed by atoms with Crippen LogP contribution in [0.2, 0.25) is 0 Å². The average Bonchev–Trinajstić information content (AvgIpc) is 2.77. The largest absolute Gasteiger partial charge is 0.379 e. The first kappa shape index (κ1) is 12.7. The molecule has 0 bridgehead atoms. The van der Waals surface area contributed by atoms with E-state index in [-0.39, 0.29) is 0 Å². The van der Waals surface area contributed by atoms with Gasteiger partial charge in [-0.2, -0.15) is 0 Å². The van der Waals surface area contributed by atoms with Crippen molar-refractivity contribution in [2.24, 2.45) is 0 Å². The van der Waals surface area contributed by atoms with Crippen LogP contribution in [0, 0.1) is 6.92 Å². The van der Waals surface area contributed by atoms with Crippen molar-refractivity contribution in [3.63, 3.8) is 0 Å². The highest BCUT2D eigenvalue weighted by Crippen LogP contribution is 2.24. The first-order chi connectivity index (χ1) is 9.28. The molecule has 0 amide bonds. The standard InChI is InChI=1S/C16H22N2O/c1-3-18-12-14(11-17-6-8-19-9-7-17)15-10-13(2)4-5-16(15)18/h4-5,10,12H,3,6-9,11H2,1-2H3. The summed E-state index contributed by atoms with van der Waals surface area (Å²) in [7, 11) is 0. The van der Waals surface area contributed by atoms with Crippen molar-refractivity contribution in [1.82, 2.24) is 9.47 Å². The van der Waals surface area contributed by atoms with Crippen molar-refractivity contribution < 1.29 is 4.74 Å². The number of aromatic nitrogens is 1. The van der Waals surface area contributed by atoms with E-state index >= 15 is 0 Å². The van der Waals surface area contributed by atoms with Crippen LogP contribution in [0.3, 0.4) is 0 Å². The molecular weight excluding hydrogens is 236 g/mol. The number of ether oxygens (including phenoxy) is 1. The van der Waals surface area contributed by atoms with E-state index in [4.69, 9.17) is 4.74 Å². The number of benzene rings is 1. The van der Waals surface area contributed by atoms with Crippen LogP contribution in [0.5, 0.6) is 0 Å². The van der Waals surface area contributed by atoms with Crippen molar-refractivity contribution in [1.29, 1.82) is 0 Å². The van der Waals surface area contributed by atoms with Crippen LogP contribution in [0.1, 0.15) is 18.1 Å². The molecule has 1 aliphatic heterocycles. The van der Waals surface area contributed by atoms with Gasteiger partial charge in [-0.1, -0.05) is 11.6 Å². The van der Waals surface area contributed by atoms with Crippen LogP contribution in [0.4, 0.5) is 0 Å². The number of hydrogen-bond donors (Lipinski definition) is 0. The fraction of sp³-hybridized carbons (Fsp3) is 0.500. The maximum atomic E-state index is 5.42. The fourth-order valence-corrected chi connectivity index (χ4v) is 2.87. The Morgan fingerprint density at radius 1 is 1.21 bits per heavy atom. The minimum absolute atomic E-state index is 0.867. The maximum Gasteiger partial charge on any atom is 0.0594 e. The zero-order valence-electron chi connectivity index (χ0n) is 11.9. The van der Waals surface area contributed by atoms with Gasteiger partial charge in [-0.3, -0.25) is 4.90 Å². The number of morpholine rings is 1. The van der Waals surface area contributed by atoms with Crippen LogP contribution in [0.25, 0.3) is 10.9 Å². The summed E-state index contributed by atoms with van der Waals surface area (Å²) >= 11 is 0. The molecule has 0 atom stereocenters. The van der Waals surface area contributed by atoms with E-state index in [1.165, 1.54) is 22.0 Å². The van der Waals surface area contributed by atoms with E-state index in [1.807, 2.05) is 0 Å². The molecule has 3 rings (SSSR count). The lowest BCUT2D eigenvalue weighted by atomic mass is 10.1. The monoisotopic (exact) mass is 258 g/mol. The molecule has 102 valence electrons. The van der Waals surface area contributed by atoms with E-state index in [1.54, 1.807) is 0 Å². The number of fused-ring (bicyclic) bond motifs is 1. The van der Waals surface area contributed by atoms with Gasteiger partial charge in [0.15, 0.2) is 0 Å². The highest BCUT2D eigenvalue weighted by Gasteiger charge is 2.14. The number of aryl methyl sites for hydroxylation is 2. The third kappa shape index (κ3) is 2.53. The van der Waals surface area contributed by atoms with Gasteiger partial charge in [0.25, 0.3) is 0 Å². The Labute approximate surface area is 114 Å². The zero-order chi connectivity index (χ0) is 13.2. The molecule has 1 aromatic heterocycles. The lowest BCUT2D eigenvalue weighted by Crippen LogP contribution is -2.35. The Morgan fingerprint density at radius 2 is 2.00 bits per heavy atom. The van der Waals surface area contributed by atoms with Gasteiger partial charge in [-0.05, 0) is 31.5 Å². The minimum Gasteiger partial charge on any atom is -0.379 e. The van der Waals surface area contributed by atoms with Gasteiger partial charge in [-0.15, -0.1) is 0 Å². The summed E-state index contributed by atoms with van der Waals surface area (Å²) in [5.74, 6) is 0. The highest BCUT2D eigenvalue weighted by molar-refractivity contribution is 5.84. The predicted molar refractivity (Wildman–Crippen MR) is 78.4 cm³/mol. The molecule has 0 saturated carbocycles. The molecule has 2 heterocycles. The second kappa shape index (κ2) is 5.35. The van der Waals surface area contributed by atoms with Crippen LogP contribution >= 0.6 is 0 Å². The third-order valence-corrected chi connectivity index (χ3v) is 3.96. The summed E-state index contributed by atoms with van der Waals surface area (Å²) in [6, 6.07) is 6.77. The van der Waals surface area contributed by atoms with Gasteiger partial charge in [-0.25, -0.2) is 0 Å². The molecule has 3 heteroatoms. The molecule has 3 nitrogen and oxygen atoms in total. The summed E-state index contributed by atoms with van der Waals surface area (Å²) in [4.78, 5) is 2.49. The van der Waals surface area contributed by atoms with Crippen molar-refractivity contribution in [3.05, 3.63) is 35.5 Å². The van der Waals surface area contributed by atoms with Crippen molar-refractivity contribution in [2.45, 2.75) is 26.9 Å². The lowest BCUT2D eigenvalue weighted by molar-refractivity contribution is 0.0343. The molecule has 2 aromatic rings. The van der Waals surface area contributed by atoms with Crippen LogP contribution in [0.15, 0.2) is 24.4 Å². The summed E-state index contributed by atoms with van der Waals surface area (Å²) in [6.45, 7) is 10.3. The normalized spacial score (nSPS) is 17.2. The Bertz CT molecular complexity index is 567. The van der Waals surface area contributed by atoms with Gasteiger partial charge in [0.1, 0.15) is 0 Å². The third-order valence-electron chi connectivity index (χ3n) is 3.96. The van der Waals surface area contributed by atoms with E-state index in [2.05, 4.69) is 47.7 Å². The van der Waals surface area contributed by atoms with Gasteiger partial charge < -0.3 is 9.30 Å². The zero-order valence-corrected chi connectivity index (χ0v) is 11.9. The van der Waals surface area contributed by atoms with Gasteiger partial charge >= 0.3 is 0 Å². The van der Waals surface area contributed by atoms with E-state index in [9.17, 15) is 0 Å². The molecule has 1 saturated heterocycles. The summed E-state index contributed by atoms with van der Waals surface area (Å²) in [5.41, 5.74) is 4.14. The van der Waals surface area contributed by atoms with Crippen LogP contribution in [-0.4, -0.2) is 35.8 Å². The van der Waals surface area contributed by atoms with Crippen molar-refractivity contribution in [3.8, 4) is 0 Å². The van der Waals surface area contributed by atoms with Gasteiger partial charge in [0.2, 0.25) is 0 Å².